The third-order valence-corrected chi connectivity index (χ3v) is 3.34. The smallest absolute Gasteiger partial charge is 0.269 e. The molecule has 7 heteroatoms. The summed E-state index contributed by atoms with van der Waals surface area (Å²) in [6.45, 7) is 3.39. The summed E-state index contributed by atoms with van der Waals surface area (Å²) in [6, 6.07) is 6.20. The number of non-ortho nitro benzene ring substituents is 1. The van der Waals surface area contributed by atoms with E-state index < -0.39 is 4.92 Å². The van der Waals surface area contributed by atoms with Crippen molar-refractivity contribution < 1.29 is 9.72 Å². The number of rotatable bonds is 4. The molecular formula is C13H18N4O3. The van der Waals surface area contributed by atoms with Gasteiger partial charge in [0.25, 0.3) is 5.69 Å². The highest BCUT2D eigenvalue weighted by Gasteiger charge is 2.18. The topological polar surface area (TPSA) is 78.7 Å². The van der Waals surface area contributed by atoms with Gasteiger partial charge in [0.05, 0.1) is 11.5 Å². The van der Waals surface area contributed by atoms with Crippen molar-refractivity contribution in [2.45, 2.75) is 0 Å². The highest BCUT2D eigenvalue weighted by atomic mass is 16.6. The molecule has 7 nitrogen and oxygen atoms in total. The Morgan fingerprint density at radius 3 is 2.50 bits per heavy atom. The van der Waals surface area contributed by atoms with Crippen molar-refractivity contribution in [3.05, 3.63) is 34.4 Å². The first-order valence-corrected chi connectivity index (χ1v) is 6.52. The van der Waals surface area contributed by atoms with E-state index in [2.05, 4.69) is 5.32 Å². The number of hydrogen-bond acceptors (Lipinski definition) is 5. The molecule has 1 fully saturated rings. The minimum absolute atomic E-state index is 0.0515. The first kappa shape index (κ1) is 14.3. The molecule has 0 radical (unpaired) electrons. The van der Waals surface area contributed by atoms with Crippen molar-refractivity contribution in [1.29, 1.82) is 0 Å². The Bertz CT molecular complexity index is 483. The van der Waals surface area contributed by atoms with Crippen LogP contribution in [-0.2, 0) is 4.79 Å². The van der Waals surface area contributed by atoms with E-state index in [-0.39, 0.29) is 18.1 Å². The second-order valence-corrected chi connectivity index (χ2v) is 4.76. The maximum absolute atomic E-state index is 12.1. The summed E-state index contributed by atoms with van der Waals surface area (Å²) in [5, 5.41) is 13.8. The summed E-state index contributed by atoms with van der Waals surface area (Å²) in [5.41, 5.74) is 0.842. The van der Waals surface area contributed by atoms with Gasteiger partial charge in [-0.25, -0.2) is 0 Å². The Morgan fingerprint density at radius 1 is 1.35 bits per heavy atom. The van der Waals surface area contributed by atoms with Crippen LogP contribution >= 0.6 is 0 Å². The quantitative estimate of drug-likeness (QED) is 0.639. The van der Waals surface area contributed by atoms with Crippen LogP contribution in [0.25, 0.3) is 0 Å². The molecule has 0 aromatic heterocycles. The molecule has 2 rings (SSSR count). The van der Waals surface area contributed by atoms with Gasteiger partial charge in [-0.2, -0.15) is 0 Å². The number of nitrogens with one attached hydrogen (secondary N) is 1. The predicted molar refractivity (Wildman–Crippen MR) is 75.8 cm³/mol. The third kappa shape index (κ3) is 3.45. The van der Waals surface area contributed by atoms with Crippen molar-refractivity contribution >= 4 is 17.3 Å². The van der Waals surface area contributed by atoms with Gasteiger partial charge in [0, 0.05) is 51.0 Å². The lowest BCUT2D eigenvalue weighted by Crippen LogP contribution is -2.49. The SMILES string of the molecule is CN(CC(=O)N1CCNCC1)c1ccc([N+](=O)[O-])cc1. The van der Waals surface area contributed by atoms with Crippen LogP contribution in [0.15, 0.2) is 24.3 Å². The fourth-order valence-corrected chi connectivity index (χ4v) is 2.14. The number of benzene rings is 1. The maximum Gasteiger partial charge on any atom is 0.269 e. The Kier molecular flexibility index (Phi) is 4.52. The number of piperazine rings is 1. The molecule has 0 saturated carbocycles. The zero-order valence-corrected chi connectivity index (χ0v) is 11.4. The molecular weight excluding hydrogens is 260 g/mol. The Labute approximate surface area is 117 Å². The highest BCUT2D eigenvalue weighted by molar-refractivity contribution is 5.81. The minimum atomic E-state index is -0.435. The first-order chi connectivity index (χ1) is 9.58. The average molecular weight is 278 g/mol. The highest BCUT2D eigenvalue weighted by Crippen LogP contribution is 2.18. The monoisotopic (exact) mass is 278 g/mol. The summed E-state index contributed by atoms with van der Waals surface area (Å²) < 4.78 is 0. The number of likely N-dealkylation sites (N-methyl/N-ethyl adjacent to an activating group) is 1. The number of carbonyl (C=O) groups is 1. The van der Waals surface area contributed by atoms with E-state index in [1.54, 1.807) is 24.1 Å². The molecule has 1 amide bonds. The van der Waals surface area contributed by atoms with Gasteiger partial charge in [0.15, 0.2) is 0 Å². The van der Waals surface area contributed by atoms with E-state index in [4.69, 9.17) is 0 Å². The number of carbonyl (C=O) groups excluding carboxylic acids is 1. The van der Waals surface area contributed by atoms with Crippen molar-refractivity contribution in [2.24, 2.45) is 0 Å². The van der Waals surface area contributed by atoms with Crippen LogP contribution in [0.1, 0.15) is 0 Å². The second-order valence-electron chi connectivity index (χ2n) is 4.76. The molecule has 1 aliphatic heterocycles. The van der Waals surface area contributed by atoms with E-state index in [0.717, 1.165) is 31.9 Å². The Hall–Kier alpha value is -2.15. The average Bonchev–Trinajstić information content (AvgIpc) is 2.48. The van der Waals surface area contributed by atoms with Gasteiger partial charge in [0.2, 0.25) is 5.91 Å². The van der Waals surface area contributed by atoms with Gasteiger partial charge in [0.1, 0.15) is 0 Å². The van der Waals surface area contributed by atoms with E-state index in [9.17, 15) is 14.9 Å². The summed E-state index contributed by atoms with van der Waals surface area (Å²) in [5.74, 6) is 0.0763. The van der Waals surface area contributed by atoms with Gasteiger partial charge in [-0.05, 0) is 12.1 Å². The number of nitrogens with zero attached hydrogens (tertiary/aromatic N) is 3. The van der Waals surface area contributed by atoms with Gasteiger partial charge in [-0.3, -0.25) is 14.9 Å². The third-order valence-electron chi connectivity index (χ3n) is 3.34. The van der Waals surface area contributed by atoms with Gasteiger partial charge < -0.3 is 15.1 Å². The molecule has 0 atom stereocenters. The van der Waals surface area contributed by atoms with E-state index in [0.29, 0.717) is 0 Å². The maximum atomic E-state index is 12.1. The molecule has 0 aliphatic carbocycles. The van der Waals surface area contributed by atoms with Crippen LogP contribution < -0.4 is 10.2 Å². The van der Waals surface area contributed by atoms with Crippen molar-refractivity contribution in [3.8, 4) is 0 Å². The summed E-state index contributed by atoms with van der Waals surface area (Å²) >= 11 is 0. The predicted octanol–water partition coefficient (Wildman–Crippen LogP) is 0.463. The zero-order valence-electron chi connectivity index (χ0n) is 11.4. The zero-order chi connectivity index (χ0) is 14.5. The largest absolute Gasteiger partial charge is 0.365 e. The summed E-state index contributed by atoms with van der Waals surface area (Å²) in [4.78, 5) is 25.9. The normalized spacial score (nSPS) is 14.9. The molecule has 1 aromatic rings. The number of nitro groups is 1. The summed E-state index contributed by atoms with van der Waals surface area (Å²) in [6.07, 6.45) is 0. The fourth-order valence-electron chi connectivity index (χ4n) is 2.14. The van der Waals surface area contributed by atoms with Crippen molar-refractivity contribution in [2.75, 3.05) is 44.7 Å². The number of anilines is 1. The van der Waals surface area contributed by atoms with Crippen LogP contribution in [0.5, 0.6) is 0 Å². The fraction of sp³-hybridized carbons (Fsp3) is 0.462. The molecule has 1 saturated heterocycles. The Balaban J connectivity index is 1.94. The molecule has 20 heavy (non-hydrogen) atoms. The molecule has 0 spiro atoms. The van der Waals surface area contributed by atoms with Crippen LogP contribution in [-0.4, -0.2) is 55.5 Å². The number of nitro benzene ring substituents is 1. The van der Waals surface area contributed by atoms with Crippen LogP contribution in [0.4, 0.5) is 11.4 Å². The molecule has 108 valence electrons. The van der Waals surface area contributed by atoms with Gasteiger partial charge in [-0.15, -0.1) is 0 Å². The summed E-state index contributed by atoms with van der Waals surface area (Å²) in [7, 11) is 1.81. The lowest BCUT2D eigenvalue weighted by Gasteiger charge is -2.29. The van der Waals surface area contributed by atoms with Crippen LogP contribution in [0.3, 0.4) is 0 Å². The lowest BCUT2D eigenvalue weighted by molar-refractivity contribution is -0.384. The molecule has 1 aromatic carbocycles. The van der Waals surface area contributed by atoms with Gasteiger partial charge in [-0.1, -0.05) is 0 Å². The second kappa shape index (κ2) is 6.33. The van der Waals surface area contributed by atoms with E-state index >= 15 is 0 Å². The molecule has 0 bridgehead atoms. The molecule has 0 unspecified atom stereocenters. The molecule has 1 N–H and O–H groups in total. The number of amides is 1. The van der Waals surface area contributed by atoms with Crippen LogP contribution in [0, 0.1) is 10.1 Å². The molecule has 1 heterocycles. The Morgan fingerprint density at radius 2 is 1.95 bits per heavy atom. The number of hydrogen-bond donors (Lipinski definition) is 1. The van der Waals surface area contributed by atoms with Crippen LogP contribution in [0.2, 0.25) is 0 Å². The van der Waals surface area contributed by atoms with Gasteiger partial charge >= 0.3 is 0 Å². The first-order valence-electron chi connectivity index (χ1n) is 6.52. The minimum Gasteiger partial charge on any atom is -0.365 e. The lowest BCUT2D eigenvalue weighted by atomic mass is 10.2. The van der Waals surface area contributed by atoms with Crippen molar-refractivity contribution in [1.82, 2.24) is 10.2 Å². The van der Waals surface area contributed by atoms with Crippen molar-refractivity contribution in [3.63, 3.8) is 0 Å². The van der Waals surface area contributed by atoms with E-state index in [1.807, 2.05) is 4.90 Å². The molecule has 1 aliphatic rings. The standard InChI is InChI=1S/C13H18N4O3/c1-15(10-13(18)16-8-6-14-7-9-16)11-2-4-12(5-3-11)17(19)20/h2-5,14H,6-10H2,1H3. The van der Waals surface area contributed by atoms with E-state index in [1.165, 1.54) is 12.1 Å².